The fourth-order valence-electron chi connectivity index (χ4n) is 1.55. The summed E-state index contributed by atoms with van der Waals surface area (Å²) in [5, 5.41) is 2.84. The standard InChI is InChI=1S/C12H14BrIN2OS/c1-6(2)10(11(15)18)12(17)16-7-3-4-8(13)9(14)5-7/h3-6,10H,1-2H3,(H2,15,18)(H,16,17). The molecule has 0 aliphatic rings. The summed E-state index contributed by atoms with van der Waals surface area (Å²) >= 11 is 10.5. The Kier molecular flexibility index (Phi) is 6.00. The van der Waals surface area contributed by atoms with E-state index in [9.17, 15) is 4.79 Å². The van der Waals surface area contributed by atoms with Crippen molar-refractivity contribution in [3.63, 3.8) is 0 Å². The molecule has 0 heterocycles. The predicted molar refractivity (Wildman–Crippen MR) is 90.6 cm³/mol. The number of carbonyl (C=O) groups is 1. The van der Waals surface area contributed by atoms with Gasteiger partial charge in [-0.15, -0.1) is 0 Å². The lowest BCUT2D eigenvalue weighted by Crippen LogP contribution is -2.36. The van der Waals surface area contributed by atoms with Crippen molar-refractivity contribution in [1.29, 1.82) is 0 Å². The zero-order valence-corrected chi connectivity index (χ0v) is 14.6. The van der Waals surface area contributed by atoms with Crippen molar-refractivity contribution >= 4 is 67.3 Å². The highest BCUT2D eigenvalue weighted by atomic mass is 127. The van der Waals surface area contributed by atoms with Crippen molar-refractivity contribution in [2.24, 2.45) is 17.6 Å². The third-order valence-electron chi connectivity index (χ3n) is 2.44. The van der Waals surface area contributed by atoms with Crippen LogP contribution in [0.4, 0.5) is 5.69 Å². The van der Waals surface area contributed by atoms with Gasteiger partial charge in [-0.3, -0.25) is 4.79 Å². The second-order valence-corrected chi connectivity index (χ2v) is 6.73. The van der Waals surface area contributed by atoms with Crippen LogP contribution in [0.2, 0.25) is 0 Å². The summed E-state index contributed by atoms with van der Waals surface area (Å²) in [5.74, 6) is -0.519. The summed E-state index contributed by atoms with van der Waals surface area (Å²) in [7, 11) is 0. The van der Waals surface area contributed by atoms with Crippen molar-refractivity contribution in [1.82, 2.24) is 0 Å². The molecule has 1 amide bonds. The van der Waals surface area contributed by atoms with Crippen LogP contribution in [0.3, 0.4) is 0 Å². The summed E-state index contributed by atoms with van der Waals surface area (Å²) in [6.45, 7) is 3.85. The quantitative estimate of drug-likeness (QED) is 0.556. The highest BCUT2D eigenvalue weighted by Gasteiger charge is 2.25. The molecule has 1 unspecified atom stereocenters. The minimum absolute atomic E-state index is 0.0806. The number of rotatable bonds is 4. The van der Waals surface area contributed by atoms with E-state index in [1.54, 1.807) is 0 Å². The molecule has 0 saturated heterocycles. The van der Waals surface area contributed by atoms with Gasteiger partial charge < -0.3 is 11.1 Å². The van der Waals surface area contributed by atoms with Gasteiger partial charge in [0.15, 0.2) is 0 Å². The number of nitrogens with two attached hydrogens (primary N) is 1. The molecule has 1 aromatic rings. The first-order valence-corrected chi connectivity index (χ1v) is 7.66. The summed E-state index contributed by atoms with van der Waals surface area (Å²) in [6.07, 6.45) is 0. The molecule has 3 N–H and O–H groups in total. The van der Waals surface area contributed by atoms with E-state index < -0.39 is 5.92 Å². The molecular weight excluding hydrogens is 427 g/mol. The predicted octanol–water partition coefficient (Wildman–Crippen LogP) is 3.55. The molecule has 0 aliphatic carbocycles. The first kappa shape index (κ1) is 15.8. The number of anilines is 1. The third-order valence-corrected chi connectivity index (χ3v) is 5.02. The maximum atomic E-state index is 12.1. The fourth-order valence-corrected chi connectivity index (χ4v) is 2.70. The molecule has 98 valence electrons. The smallest absolute Gasteiger partial charge is 0.234 e. The minimum Gasteiger partial charge on any atom is -0.393 e. The second-order valence-electron chi connectivity index (χ2n) is 4.24. The largest absolute Gasteiger partial charge is 0.393 e. The first-order valence-electron chi connectivity index (χ1n) is 5.38. The molecule has 1 atom stereocenters. The third kappa shape index (κ3) is 4.17. The van der Waals surface area contributed by atoms with Gasteiger partial charge in [-0.2, -0.15) is 0 Å². The maximum Gasteiger partial charge on any atom is 0.234 e. The van der Waals surface area contributed by atoms with E-state index in [1.165, 1.54) is 0 Å². The molecular formula is C12H14BrIN2OS. The van der Waals surface area contributed by atoms with Crippen molar-refractivity contribution in [2.75, 3.05) is 5.32 Å². The van der Waals surface area contributed by atoms with Crippen molar-refractivity contribution in [2.45, 2.75) is 13.8 Å². The van der Waals surface area contributed by atoms with Crippen LogP contribution in [-0.4, -0.2) is 10.9 Å². The summed E-state index contributed by atoms with van der Waals surface area (Å²) in [6, 6.07) is 5.61. The number of hydrogen-bond donors (Lipinski definition) is 2. The van der Waals surface area contributed by atoms with Gasteiger partial charge in [0.2, 0.25) is 5.91 Å². The molecule has 1 aromatic carbocycles. The molecule has 0 fully saturated rings. The molecule has 0 spiro atoms. The Hall–Kier alpha value is -0.210. The van der Waals surface area contributed by atoms with Crippen LogP contribution in [-0.2, 0) is 4.79 Å². The normalized spacial score (nSPS) is 12.3. The number of amides is 1. The van der Waals surface area contributed by atoms with Crippen molar-refractivity contribution < 1.29 is 4.79 Å². The monoisotopic (exact) mass is 440 g/mol. The van der Waals surface area contributed by atoms with Crippen LogP contribution in [0.25, 0.3) is 0 Å². The zero-order valence-electron chi connectivity index (χ0n) is 10.0. The van der Waals surface area contributed by atoms with Gasteiger partial charge in [0.25, 0.3) is 0 Å². The van der Waals surface area contributed by atoms with Gasteiger partial charge in [0.05, 0.1) is 10.9 Å². The topological polar surface area (TPSA) is 55.1 Å². The Labute approximate surface area is 134 Å². The van der Waals surface area contributed by atoms with Gasteiger partial charge >= 0.3 is 0 Å². The van der Waals surface area contributed by atoms with Gasteiger partial charge in [0, 0.05) is 13.7 Å². The van der Waals surface area contributed by atoms with Crippen LogP contribution in [0, 0.1) is 15.4 Å². The average Bonchev–Trinajstić information content (AvgIpc) is 2.22. The lowest BCUT2D eigenvalue weighted by molar-refractivity contribution is -0.118. The Morgan fingerprint density at radius 3 is 2.56 bits per heavy atom. The molecule has 0 saturated carbocycles. The van der Waals surface area contributed by atoms with E-state index in [2.05, 4.69) is 43.8 Å². The SMILES string of the molecule is CC(C)C(C(=O)Nc1ccc(Br)c(I)c1)C(N)=S. The van der Waals surface area contributed by atoms with Crippen LogP contribution < -0.4 is 11.1 Å². The molecule has 0 radical (unpaired) electrons. The molecule has 1 rings (SSSR count). The highest BCUT2D eigenvalue weighted by Crippen LogP contribution is 2.23. The number of carbonyl (C=O) groups excluding carboxylic acids is 1. The van der Waals surface area contributed by atoms with Gasteiger partial charge in [-0.25, -0.2) is 0 Å². The van der Waals surface area contributed by atoms with Crippen molar-refractivity contribution in [3.05, 3.63) is 26.2 Å². The van der Waals surface area contributed by atoms with Gasteiger partial charge in [-0.1, -0.05) is 26.1 Å². The molecule has 0 aromatic heterocycles. The summed E-state index contributed by atoms with van der Waals surface area (Å²) in [5.41, 5.74) is 6.35. The van der Waals surface area contributed by atoms with E-state index in [0.29, 0.717) is 0 Å². The Balaban J connectivity index is 2.86. The lowest BCUT2D eigenvalue weighted by atomic mass is 9.95. The molecule has 6 heteroatoms. The van der Waals surface area contributed by atoms with Crippen molar-refractivity contribution in [3.8, 4) is 0 Å². The van der Waals surface area contributed by atoms with E-state index in [-0.39, 0.29) is 16.8 Å². The Morgan fingerprint density at radius 1 is 1.50 bits per heavy atom. The zero-order chi connectivity index (χ0) is 13.9. The van der Waals surface area contributed by atoms with E-state index in [4.69, 9.17) is 18.0 Å². The van der Waals surface area contributed by atoms with Gasteiger partial charge in [-0.05, 0) is 62.6 Å². The number of halogens is 2. The Bertz CT molecular complexity index is 479. The van der Waals surface area contributed by atoms with Crippen LogP contribution in [0.1, 0.15) is 13.8 Å². The van der Waals surface area contributed by atoms with Gasteiger partial charge in [0.1, 0.15) is 0 Å². The van der Waals surface area contributed by atoms with Crippen LogP contribution >= 0.6 is 50.7 Å². The van der Waals surface area contributed by atoms with E-state index >= 15 is 0 Å². The molecule has 0 bridgehead atoms. The number of benzene rings is 1. The second kappa shape index (κ2) is 6.81. The number of hydrogen-bond acceptors (Lipinski definition) is 2. The minimum atomic E-state index is -0.443. The number of thiocarbonyl (C=S) groups is 1. The van der Waals surface area contributed by atoms with Crippen LogP contribution in [0.15, 0.2) is 22.7 Å². The highest BCUT2D eigenvalue weighted by molar-refractivity contribution is 14.1. The summed E-state index contributed by atoms with van der Waals surface area (Å²) in [4.78, 5) is 12.3. The van der Waals surface area contributed by atoms with E-state index in [0.717, 1.165) is 13.7 Å². The molecule has 0 aliphatic heterocycles. The van der Waals surface area contributed by atoms with E-state index in [1.807, 2.05) is 32.0 Å². The number of nitrogens with one attached hydrogen (secondary N) is 1. The molecule has 18 heavy (non-hydrogen) atoms. The average molecular weight is 441 g/mol. The Morgan fingerprint density at radius 2 is 2.11 bits per heavy atom. The molecule has 3 nitrogen and oxygen atoms in total. The fraction of sp³-hybridized carbons (Fsp3) is 0.333. The summed E-state index contributed by atoms with van der Waals surface area (Å²) < 4.78 is 2.03. The maximum absolute atomic E-state index is 12.1. The van der Waals surface area contributed by atoms with Crippen LogP contribution in [0.5, 0.6) is 0 Å². The first-order chi connectivity index (χ1) is 8.32. The lowest BCUT2D eigenvalue weighted by Gasteiger charge is -2.19.